The highest BCUT2D eigenvalue weighted by atomic mass is 16.1. The Labute approximate surface area is 219 Å². The van der Waals surface area contributed by atoms with Crippen molar-refractivity contribution < 1.29 is 4.79 Å². The molecule has 0 N–H and O–H groups in total. The van der Waals surface area contributed by atoms with E-state index in [2.05, 4.69) is 46.9 Å². The molecule has 4 heteroatoms. The first-order valence-corrected chi connectivity index (χ1v) is 14.3. The van der Waals surface area contributed by atoms with Gasteiger partial charge in [-0.05, 0) is 102 Å². The number of unbranched alkanes of at least 4 members (excludes halogenated alkanes) is 1. The summed E-state index contributed by atoms with van der Waals surface area (Å²) in [6.45, 7) is 13.2. The summed E-state index contributed by atoms with van der Waals surface area (Å²) in [6.07, 6.45) is 10.5. The summed E-state index contributed by atoms with van der Waals surface area (Å²) in [4.78, 5) is 18.2. The SMILES string of the molecule is Cc1ccc2c(c1)CCC2CCCCN1CCN(C2CCN(C)CC2)CC1.Cc1ccccc1C=O. The van der Waals surface area contributed by atoms with Crippen molar-refractivity contribution in [2.75, 3.05) is 52.9 Å². The standard InChI is InChI=1S/C24H39N3.C8H8O/c1-20-6-9-24-21(7-8-22(24)19-20)5-3-4-12-26-15-17-27(18-16-26)23-10-13-25(2)14-11-23;1-7-4-2-3-5-8(7)6-9/h6,9,19,21,23H,3-5,7-8,10-18H2,1-2H3;2-6H,1H3. The second kappa shape index (κ2) is 13.5. The second-order valence-corrected chi connectivity index (χ2v) is 11.3. The molecule has 3 aliphatic rings. The van der Waals surface area contributed by atoms with Gasteiger partial charge in [0.15, 0.2) is 0 Å². The minimum absolute atomic E-state index is 0.775. The minimum Gasteiger partial charge on any atom is -0.306 e. The fourth-order valence-corrected chi connectivity index (χ4v) is 6.29. The number of piperidine rings is 1. The number of nitrogens with zero attached hydrogens (tertiary/aromatic N) is 3. The molecule has 0 radical (unpaired) electrons. The van der Waals surface area contributed by atoms with Crippen molar-refractivity contribution in [2.24, 2.45) is 0 Å². The van der Waals surface area contributed by atoms with Gasteiger partial charge in [-0.2, -0.15) is 0 Å². The molecule has 1 aliphatic carbocycles. The van der Waals surface area contributed by atoms with Crippen LogP contribution in [0.5, 0.6) is 0 Å². The monoisotopic (exact) mass is 489 g/mol. The van der Waals surface area contributed by atoms with Gasteiger partial charge in [-0.15, -0.1) is 0 Å². The Balaban J connectivity index is 0.000000286. The Morgan fingerprint density at radius 3 is 2.33 bits per heavy atom. The van der Waals surface area contributed by atoms with Crippen molar-refractivity contribution >= 4 is 6.29 Å². The first-order valence-electron chi connectivity index (χ1n) is 14.3. The lowest BCUT2D eigenvalue weighted by molar-refractivity contribution is 0.0640. The number of likely N-dealkylation sites (tertiary alicyclic amines) is 1. The van der Waals surface area contributed by atoms with Gasteiger partial charge in [-0.1, -0.05) is 54.4 Å². The van der Waals surface area contributed by atoms with Crippen LogP contribution in [0.3, 0.4) is 0 Å². The number of carbonyl (C=O) groups excluding carboxylic acids is 1. The maximum absolute atomic E-state index is 10.2. The lowest BCUT2D eigenvalue weighted by atomic mass is 9.94. The Hall–Kier alpha value is -2.01. The lowest BCUT2D eigenvalue weighted by Gasteiger charge is -2.42. The quantitative estimate of drug-likeness (QED) is 0.367. The summed E-state index contributed by atoms with van der Waals surface area (Å²) in [6, 6.07) is 15.5. The molecule has 2 heterocycles. The van der Waals surface area contributed by atoms with Crippen molar-refractivity contribution in [3.05, 3.63) is 70.3 Å². The maximum Gasteiger partial charge on any atom is 0.150 e. The van der Waals surface area contributed by atoms with Crippen LogP contribution >= 0.6 is 0 Å². The van der Waals surface area contributed by atoms with Gasteiger partial charge >= 0.3 is 0 Å². The highest BCUT2D eigenvalue weighted by molar-refractivity contribution is 5.76. The molecule has 196 valence electrons. The minimum atomic E-state index is 0.775. The fourth-order valence-electron chi connectivity index (χ4n) is 6.29. The van der Waals surface area contributed by atoms with Crippen LogP contribution in [-0.2, 0) is 6.42 Å². The zero-order valence-electron chi connectivity index (χ0n) is 22.9. The van der Waals surface area contributed by atoms with Crippen LogP contribution in [0.2, 0.25) is 0 Å². The summed E-state index contributed by atoms with van der Waals surface area (Å²) in [5, 5.41) is 0. The van der Waals surface area contributed by atoms with E-state index in [4.69, 9.17) is 0 Å². The summed E-state index contributed by atoms with van der Waals surface area (Å²) >= 11 is 0. The maximum atomic E-state index is 10.2. The van der Waals surface area contributed by atoms with Gasteiger partial charge < -0.3 is 9.80 Å². The summed E-state index contributed by atoms with van der Waals surface area (Å²) in [7, 11) is 2.26. The number of piperazine rings is 1. The second-order valence-electron chi connectivity index (χ2n) is 11.3. The number of aryl methyl sites for hydroxylation is 3. The third-order valence-electron chi connectivity index (χ3n) is 8.70. The van der Waals surface area contributed by atoms with Gasteiger partial charge in [-0.25, -0.2) is 0 Å². The Morgan fingerprint density at radius 1 is 0.889 bits per heavy atom. The molecule has 0 amide bonds. The fraction of sp³-hybridized carbons (Fsp3) is 0.594. The molecular formula is C32H47N3O. The average molecular weight is 490 g/mol. The predicted molar refractivity (Wildman–Crippen MR) is 151 cm³/mol. The van der Waals surface area contributed by atoms with E-state index >= 15 is 0 Å². The van der Waals surface area contributed by atoms with Crippen molar-refractivity contribution in [3.8, 4) is 0 Å². The Bertz CT molecular complexity index is 958. The van der Waals surface area contributed by atoms with E-state index in [-0.39, 0.29) is 0 Å². The number of benzene rings is 2. The zero-order valence-corrected chi connectivity index (χ0v) is 22.9. The van der Waals surface area contributed by atoms with Crippen molar-refractivity contribution in [1.29, 1.82) is 0 Å². The van der Waals surface area contributed by atoms with Gasteiger partial charge in [-0.3, -0.25) is 9.69 Å². The number of hydrogen-bond donors (Lipinski definition) is 0. The molecule has 2 fully saturated rings. The smallest absolute Gasteiger partial charge is 0.150 e. The number of fused-ring (bicyclic) bond motifs is 1. The summed E-state index contributed by atoms with van der Waals surface area (Å²) in [5.74, 6) is 0.835. The highest BCUT2D eigenvalue weighted by Gasteiger charge is 2.26. The molecule has 5 rings (SSSR count). The molecule has 2 aromatic rings. The van der Waals surface area contributed by atoms with Gasteiger partial charge in [0.2, 0.25) is 0 Å². The third kappa shape index (κ3) is 7.50. The molecular weight excluding hydrogens is 442 g/mol. The van der Waals surface area contributed by atoms with Crippen molar-refractivity contribution in [2.45, 2.75) is 70.8 Å². The van der Waals surface area contributed by atoms with E-state index in [0.717, 1.165) is 29.4 Å². The van der Waals surface area contributed by atoms with E-state index in [9.17, 15) is 4.79 Å². The zero-order chi connectivity index (χ0) is 25.3. The number of rotatable bonds is 7. The molecule has 0 saturated carbocycles. The predicted octanol–water partition coefficient (Wildman–Crippen LogP) is 5.71. The van der Waals surface area contributed by atoms with Crippen molar-refractivity contribution in [3.63, 3.8) is 0 Å². The molecule has 0 aromatic heterocycles. The van der Waals surface area contributed by atoms with Gasteiger partial charge in [0.1, 0.15) is 6.29 Å². The average Bonchev–Trinajstić information content (AvgIpc) is 3.30. The molecule has 1 unspecified atom stereocenters. The number of carbonyl (C=O) groups is 1. The molecule has 0 bridgehead atoms. The van der Waals surface area contributed by atoms with Gasteiger partial charge in [0, 0.05) is 37.8 Å². The molecule has 4 nitrogen and oxygen atoms in total. The van der Waals surface area contributed by atoms with Crippen LogP contribution in [0.25, 0.3) is 0 Å². The Morgan fingerprint density at radius 2 is 1.64 bits per heavy atom. The molecule has 2 saturated heterocycles. The number of hydrogen-bond acceptors (Lipinski definition) is 4. The summed E-state index contributed by atoms with van der Waals surface area (Å²) < 4.78 is 0. The van der Waals surface area contributed by atoms with E-state index in [1.165, 1.54) is 96.3 Å². The normalized spacial score (nSPS) is 21.6. The van der Waals surface area contributed by atoms with E-state index in [1.807, 2.05) is 31.2 Å². The van der Waals surface area contributed by atoms with Gasteiger partial charge in [0.05, 0.1) is 0 Å². The van der Waals surface area contributed by atoms with Crippen LogP contribution in [-0.4, -0.2) is 79.9 Å². The van der Waals surface area contributed by atoms with E-state index in [0.29, 0.717) is 0 Å². The van der Waals surface area contributed by atoms with Crippen LogP contribution in [0.4, 0.5) is 0 Å². The first-order chi connectivity index (χ1) is 17.5. The number of aldehydes is 1. The summed E-state index contributed by atoms with van der Waals surface area (Å²) in [5.41, 5.74) is 6.52. The third-order valence-corrected chi connectivity index (χ3v) is 8.70. The van der Waals surface area contributed by atoms with Crippen molar-refractivity contribution in [1.82, 2.24) is 14.7 Å². The molecule has 36 heavy (non-hydrogen) atoms. The molecule has 2 aromatic carbocycles. The first kappa shape index (κ1) is 27.0. The largest absolute Gasteiger partial charge is 0.306 e. The van der Waals surface area contributed by atoms with Crippen LogP contribution < -0.4 is 0 Å². The topological polar surface area (TPSA) is 26.8 Å². The lowest BCUT2D eigenvalue weighted by Crippen LogP contribution is -2.52. The van der Waals surface area contributed by atoms with Gasteiger partial charge in [0.25, 0.3) is 0 Å². The van der Waals surface area contributed by atoms with Crippen LogP contribution in [0.1, 0.15) is 77.1 Å². The van der Waals surface area contributed by atoms with E-state index in [1.54, 1.807) is 11.1 Å². The molecule has 0 spiro atoms. The van der Waals surface area contributed by atoms with Crippen LogP contribution in [0.15, 0.2) is 42.5 Å². The molecule has 1 atom stereocenters. The molecule has 2 aliphatic heterocycles. The van der Waals surface area contributed by atoms with Crippen LogP contribution in [0, 0.1) is 13.8 Å². The van der Waals surface area contributed by atoms with E-state index < -0.39 is 0 Å². The Kier molecular flexibility index (Phi) is 10.1. The highest BCUT2D eigenvalue weighted by Crippen LogP contribution is 2.36.